The van der Waals surface area contributed by atoms with Gasteiger partial charge in [0.15, 0.2) is 5.78 Å². The highest BCUT2D eigenvalue weighted by molar-refractivity contribution is 14.1. The molecule has 1 heterocycles. The fraction of sp³-hybridized carbons (Fsp3) is 0.318. The van der Waals surface area contributed by atoms with E-state index in [2.05, 4.69) is 64.7 Å². The molecule has 0 saturated heterocycles. The number of fused-ring (bicyclic) bond motifs is 4. The average Bonchev–Trinajstić information content (AvgIpc) is 2.94. The Labute approximate surface area is 173 Å². The van der Waals surface area contributed by atoms with Crippen LogP contribution in [0.15, 0.2) is 36.4 Å². The van der Waals surface area contributed by atoms with Gasteiger partial charge in [0.05, 0.1) is 18.4 Å². The van der Waals surface area contributed by atoms with Gasteiger partial charge in [0.1, 0.15) is 5.75 Å². The van der Waals surface area contributed by atoms with Crippen molar-refractivity contribution in [3.05, 3.63) is 62.2 Å². The first-order valence-corrected chi connectivity index (χ1v) is 10.2. The van der Waals surface area contributed by atoms with Crippen LogP contribution >= 0.6 is 22.6 Å². The number of ketones is 1. The molecule has 1 aliphatic carbocycles. The Balaban J connectivity index is 1.81. The molecule has 0 saturated carbocycles. The Kier molecular flexibility index (Phi) is 4.99. The standard InChI is InChI=1S/C22H23IN2O2/c1-24(2)9-4-10-25-13-14-11-15(23)5-7-17(14)20-21(25)18-8-6-16(27-3)12-19(18)22(20)26/h5-8,11-12H,4,9-10,13H2,1-3H3. The number of Topliss-reactive ketones (excluding diaryl/α,β-unsaturated/α-hetero) is 1. The summed E-state index contributed by atoms with van der Waals surface area (Å²) in [5, 5.41) is 0. The van der Waals surface area contributed by atoms with Gasteiger partial charge >= 0.3 is 0 Å². The zero-order valence-electron chi connectivity index (χ0n) is 15.9. The minimum atomic E-state index is 0.110. The summed E-state index contributed by atoms with van der Waals surface area (Å²) in [5.74, 6) is 0.836. The molecule has 2 aromatic rings. The summed E-state index contributed by atoms with van der Waals surface area (Å²) in [6.07, 6.45) is 1.06. The Hall–Kier alpha value is -1.86. The van der Waals surface area contributed by atoms with Gasteiger partial charge in [-0.3, -0.25) is 4.79 Å². The number of allylic oxidation sites excluding steroid dienone is 1. The van der Waals surface area contributed by atoms with Crippen molar-refractivity contribution < 1.29 is 9.53 Å². The number of hydrogen-bond donors (Lipinski definition) is 0. The van der Waals surface area contributed by atoms with E-state index in [1.165, 1.54) is 9.13 Å². The molecular weight excluding hydrogens is 451 g/mol. The highest BCUT2D eigenvalue weighted by Crippen LogP contribution is 2.46. The van der Waals surface area contributed by atoms with Crippen LogP contribution in [0.4, 0.5) is 0 Å². The molecule has 0 unspecified atom stereocenters. The summed E-state index contributed by atoms with van der Waals surface area (Å²) in [4.78, 5) is 17.9. The number of hydrogen-bond acceptors (Lipinski definition) is 4. The van der Waals surface area contributed by atoms with Gasteiger partial charge in [-0.1, -0.05) is 6.07 Å². The van der Waals surface area contributed by atoms with Gasteiger partial charge in [0.25, 0.3) is 0 Å². The molecule has 4 nitrogen and oxygen atoms in total. The Bertz CT molecular complexity index is 949. The topological polar surface area (TPSA) is 32.8 Å². The summed E-state index contributed by atoms with van der Waals surface area (Å²) < 4.78 is 6.56. The van der Waals surface area contributed by atoms with E-state index in [0.29, 0.717) is 0 Å². The maximum atomic E-state index is 13.3. The van der Waals surface area contributed by atoms with Gasteiger partial charge in [-0.05, 0) is 91.1 Å². The highest BCUT2D eigenvalue weighted by Gasteiger charge is 2.37. The summed E-state index contributed by atoms with van der Waals surface area (Å²) in [5.41, 5.74) is 6.03. The SMILES string of the molecule is COc1ccc2c(c1)C(=O)C1=C2N(CCCN(C)C)Cc2cc(I)ccc21. The van der Waals surface area contributed by atoms with E-state index in [1.54, 1.807) is 7.11 Å². The molecular formula is C22H23IN2O2. The van der Waals surface area contributed by atoms with E-state index in [9.17, 15) is 4.79 Å². The summed E-state index contributed by atoms with van der Waals surface area (Å²) in [6.45, 7) is 2.81. The summed E-state index contributed by atoms with van der Waals surface area (Å²) in [7, 11) is 5.83. The molecule has 27 heavy (non-hydrogen) atoms. The van der Waals surface area contributed by atoms with Gasteiger partial charge in [-0.15, -0.1) is 0 Å². The second-order valence-corrected chi connectivity index (χ2v) is 8.59. The number of benzene rings is 2. The van der Waals surface area contributed by atoms with Gasteiger partial charge in [-0.2, -0.15) is 0 Å². The van der Waals surface area contributed by atoms with Crippen LogP contribution in [0.5, 0.6) is 5.75 Å². The molecule has 2 aromatic carbocycles. The lowest BCUT2D eigenvalue weighted by atomic mass is 9.93. The molecule has 5 heteroatoms. The quantitative estimate of drug-likeness (QED) is 0.611. The van der Waals surface area contributed by atoms with Crippen LogP contribution in [0, 0.1) is 3.57 Å². The Morgan fingerprint density at radius 3 is 2.63 bits per heavy atom. The first-order chi connectivity index (χ1) is 13.0. The largest absolute Gasteiger partial charge is 0.497 e. The van der Waals surface area contributed by atoms with Crippen LogP contribution in [0.25, 0.3) is 11.3 Å². The molecule has 4 rings (SSSR count). The molecule has 0 spiro atoms. The van der Waals surface area contributed by atoms with E-state index in [1.807, 2.05) is 18.2 Å². The number of halogens is 1. The van der Waals surface area contributed by atoms with Crippen molar-refractivity contribution in [1.29, 1.82) is 0 Å². The summed E-state index contributed by atoms with van der Waals surface area (Å²) >= 11 is 2.34. The van der Waals surface area contributed by atoms with Crippen LogP contribution in [-0.4, -0.2) is 49.9 Å². The second kappa shape index (κ2) is 7.28. The third kappa shape index (κ3) is 3.27. The Morgan fingerprint density at radius 2 is 1.89 bits per heavy atom. The van der Waals surface area contributed by atoms with E-state index >= 15 is 0 Å². The smallest absolute Gasteiger partial charge is 0.196 e. The predicted octanol–water partition coefficient (Wildman–Crippen LogP) is 4.13. The van der Waals surface area contributed by atoms with Crippen LogP contribution in [-0.2, 0) is 6.54 Å². The molecule has 0 amide bonds. The van der Waals surface area contributed by atoms with Crippen molar-refractivity contribution in [2.75, 3.05) is 34.3 Å². The van der Waals surface area contributed by atoms with Crippen LogP contribution in [0.2, 0.25) is 0 Å². The zero-order chi connectivity index (χ0) is 19.1. The molecule has 0 bridgehead atoms. The first-order valence-electron chi connectivity index (χ1n) is 9.15. The van der Waals surface area contributed by atoms with Crippen molar-refractivity contribution >= 4 is 39.6 Å². The molecule has 0 radical (unpaired) electrons. The lowest BCUT2D eigenvalue weighted by Gasteiger charge is -2.33. The number of rotatable bonds is 5. The molecule has 0 atom stereocenters. The minimum Gasteiger partial charge on any atom is -0.497 e. The van der Waals surface area contributed by atoms with E-state index in [4.69, 9.17) is 4.74 Å². The number of methoxy groups -OCH3 is 1. The molecule has 0 fully saturated rings. The lowest BCUT2D eigenvalue weighted by Crippen LogP contribution is -2.29. The summed E-state index contributed by atoms with van der Waals surface area (Å²) in [6, 6.07) is 12.2. The van der Waals surface area contributed by atoms with Crippen molar-refractivity contribution in [3.63, 3.8) is 0 Å². The van der Waals surface area contributed by atoms with Gasteiger partial charge in [-0.25, -0.2) is 0 Å². The molecule has 1 aliphatic heterocycles. The number of nitrogens with zero attached hydrogens (tertiary/aromatic N) is 2. The van der Waals surface area contributed by atoms with Crippen molar-refractivity contribution in [2.24, 2.45) is 0 Å². The van der Waals surface area contributed by atoms with E-state index < -0.39 is 0 Å². The van der Waals surface area contributed by atoms with Crippen molar-refractivity contribution in [2.45, 2.75) is 13.0 Å². The maximum Gasteiger partial charge on any atom is 0.196 e. The third-order valence-corrected chi connectivity index (χ3v) is 5.91. The average molecular weight is 474 g/mol. The van der Waals surface area contributed by atoms with Crippen LogP contribution in [0.1, 0.15) is 33.5 Å². The first kappa shape index (κ1) is 18.5. The maximum absolute atomic E-state index is 13.3. The van der Waals surface area contributed by atoms with Crippen LogP contribution in [0.3, 0.4) is 0 Å². The van der Waals surface area contributed by atoms with Crippen LogP contribution < -0.4 is 4.74 Å². The fourth-order valence-corrected chi connectivity index (χ4v) is 4.55. The normalized spacial score (nSPS) is 15.1. The number of ether oxygens (including phenoxy) is 1. The zero-order valence-corrected chi connectivity index (χ0v) is 18.0. The lowest BCUT2D eigenvalue weighted by molar-refractivity contribution is 0.105. The van der Waals surface area contributed by atoms with Gasteiger partial charge in [0.2, 0.25) is 0 Å². The number of carbonyl (C=O) groups excluding carboxylic acids is 1. The monoisotopic (exact) mass is 474 g/mol. The highest BCUT2D eigenvalue weighted by atomic mass is 127. The van der Waals surface area contributed by atoms with Crippen molar-refractivity contribution in [3.8, 4) is 5.75 Å². The van der Waals surface area contributed by atoms with Gasteiger partial charge < -0.3 is 14.5 Å². The Morgan fingerprint density at radius 1 is 1.11 bits per heavy atom. The molecule has 0 N–H and O–H groups in total. The molecule has 0 aromatic heterocycles. The predicted molar refractivity (Wildman–Crippen MR) is 117 cm³/mol. The molecule has 2 aliphatic rings. The minimum absolute atomic E-state index is 0.110. The van der Waals surface area contributed by atoms with E-state index in [0.717, 1.165) is 59.8 Å². The fourth-order valence-electron chi connectivity index (χ4n) is 3.99. The number of carbonyl (C=O) groups is 1. The third-order valence-electron chi connectivity index (χ3n) is 5.24. The second-order valence-electron chi connectivity index (χ2n) is 7.34. The van der Waals surface area contributed by atoms with E-state index in [-0.39, 0.29) is 5.78 Å². The van der Waals surface area contributed by atoms with Gasteiger partial charge in [0, 0.05) is 27.8 Å². The van der Waals surface area contributed by atoms with Crippen molar-refractivity contribution in [1.82, 2.24) is 9.80 Å². The molecule has 140 valence electrons.